The number of carbonyl (C=O) groups excluding carboxylic acids is 1. The maximum Gasteiger partial charge on any atom is 0.223 e. The third kappa shape index (κ3) is 4.88. The second kappa shape index (κ2) is 6.50. The molecule has 0 aromatic carbocycles. The van der Waals surface area contributed by atoms with Crippen molar-refractivity contribution in [3.8, 4) is 12.3 Å². The summed E-state index contributed by atoms with van der Waals surface area (Å²) in [5.74, 6) is 3.55. The molecule has 15 heavy (non-hydrogen) atoms. The number of amides is 1. The van der Waals surface area contributed by atoms with Crippen LogP contribution in [0, 0.1) is 18.3 Å². The molecule has 1 amide bonds. The van der Waals surface area contributed by atoms with E-state index < -0.39 is 0 Å². The van der Waals surface area contributed by atoms with E-state index in [9.17, 15) is 4.79 Å². The van der Waals surface area contributed by atoms with E-state index in [1.165, 1.54) is 12.8 Å². The summed E-state index contributed by atoms with van der Waals surface area (Å²) < 4.78 is 0. The molecule has 84 valence electrons. The fourth-order valence-electron chi connectivity index (χ4n) is 1.66. The predicted octanol–water partition coefficient (Wildman–Crippen LogP) is 2.44. The maximum atomic E-state index is 11.8. The Morgan fingerprint density at radius 3 is 2.73 bits per heavy atom. The van der Waals surface area contributed by atoms with Crippen LogP contribution < -0.4 is 0 Å². The standard InChI is InChI=1S/C13H21NO/c1-3-5-6-7-13(15)14(10-4-2)11-12-8-9-12/h2,12H,3,5-11H2,1H3. The highest BCUT2D eigenvalue weighted by Crippen LogP contribution is 2.29. The summed E-state index contributed by atoms with van der Waals surface area (Å²) in [7, 11) is 0. The van der Waals surface area contributed by atoms with Crippen molar-refractivity contribution in [2.75, 3.05) is 13.1 Å². The van der Waals surface area contributed by atoms with E-state index in [-0.39, 0.29) is 5.91 Å². The van der Waals surface area contributed by atoms with Gasteiger partial charge in [-0.25, -0.2) is 0 Å². The lowest BCUT2D eigenvalue weighted by Gasteiger charge is -2.19. The molecule has 0 aliphatic heterocycles. The Morgan fingerprint density at radius 2 is 2.20 bits per heavy atom. The van der Waals surface area contributed by atoms with E-state index in [1.54, 1.807) is 0 Å². The molecule has 2 nitrogen and oxygen atoms in total. The third-order valence-corrected chi connectivity index (χ3v) is 2.80. The molecule has 0 spiro atoms. The van der Waals surface area contributed by atoms with Crippen molar-refractivity contribution in [3.05, 3.63) is 0 Å². The highest BCUT2D eigenvalue weighted by Gasteiger charge is 2.25. The van der Waals surface area contributed by atoms with Crippen LogP contribution in [0.5, 0.6) is 0 Å². The van der Waals surface area contributed by atoms with Crippen LogP contribution in [-0.4, -0.2) is 23.9 Å². The van der Waals surface area contributed by atoms with E-state index >= 15 is 0 Å². The van der Waals surface area contributed by atoms with Gasteiger partial charge in [-0.15, -0.1) is 6.42 Å². The Hall–Kier alpha value is -0.970. The largest absolute Gasteiger partial charge is 0.331 e. The van der Waals surface area contributed by atoms with Gasteiger partial charge in [0.25, 0.3) is 0 Å². The summed E-state index contributed by atoms with van der Waals surface area (Å²) in [6, 6.07) is 0. The molecule has 0 aromatic heterocycles. The zero-order valence-corrected chi connectivity index (χ0v) is 9.67. The first-order valence-electron chi connectivity index (χ1n) is 5.99. The van der Waals surface area contributed by atoms with Crippen LogP contribution in [0.4, 0.5) is 0 Å². The van der Waals surface area contributed by atoms with Gasteiger partial charge in [0.15, 0.2) is 0 Å². The van der Waals surface area contributed by atoms with Crippen LogP contribution in [0.3, 0.4) is 0 Å². The van der Waals surface area contributed by atoms with Gasteiger partial charge in [0.05, 0.1) is 6.54 Å². The zero-order valence-electron chi connectivity index (χ0n) is 9.67. The van der Waals surface area contributed by atoms with E-state index in [4.69, 9.17) is 6.42 Å². The molecule has 0 aromatic rings. The predicted molar refractivity (Wildman–Crippen MR) is 62.3 cm³/mol. The van der Waals surface area contributed by atoms with Crippen LogP contribution in [0.25, 0.3) is 0 Å². The Morgan fingerprint density at radius 1 is 1.47 bits per heavy atom. The highest BCUT2D eigenvalue weighted by atomic mass is 16.2. The number of carbonyl (C=O) groups is 1. The Balaban J connectivity index is 2.26. The first-order chi connectivity index (χ1) is 7.27. The van der Waals surface area contributed by atoms with E-state index in [0.29, 0.717) is 13.0 Å². The molecule has 0 radical (unpaired) electrons. The topological polar surface area (TPSA) is 20.3 Å². The summed E-state index contributed by atoms with van der Waals surface area (Å²) in [6.45, 7) is 3.52. The van der Waals surface area contributed by atoms with Gasteiger partial charge in [0.1, 0.15) is 0 Å². The maximum absolute atomic E-state index is 11.8. The summed E-state index contributed by atoms with van der Waals surface area (Å²) in [4.78, 5) is 13.7. The molecule has 0 heterocycles. The average molecular weight is 207 g/mol. The quantitative estimate of drug-likeness (QED) is 0.464. The molecule has 0 bridgehead atoms. The van der Waals surface area contributed by atoms with Gasteiger partial charge in [0.2, 0.25) is 5.91 Å². The van der Waals surface area contributed by atoms with E-state index in [1.807, 2.05) is 4.90 Å². The minimum Gasteiger partial charge on any atom is -0.331 e. The second-order valence-corrected chi connectivity index (χ2v) is 4.38. The molecule has 0 atom stereocenters. The van der Waals surface area contributed by atoms with Crippen LogP contribution in [0.1, 0.15) is 45.4 Å². The lowest BCUT2D eigenvalue weighted by molar-refractivity contribution is -0.130. The monoisotopic (exact) mass is 207 g/mol. The molecule has 1 rings (SSSR count). The number of hydrogen-bond donors (Lipinski definition) is 0. The van der Waals surface area contributed by atoms with Gasteiger partial charge in [-0.1, -0.05) is 25.7 Å². The summed E-state index contributed by atoms with van der Waals surface area (Å²) in [5, 5.41) is 0. The van der Waals surface area contributed by atoms with Crippen LogP contribution in [0.2, 0.25) is 0 Å². The summed E-state index contributed by atoms with van der Waals surface area (Å²) >= 11 is 0. The van der Waals surface area contributed by atoms with Crippen molar-refractivity contribution in [2.24, 2.45) is 5.92 Å². The van der Waals surface area contributed by atoms with Gasteiger partial charge >= 0.3 is 0 Å². The lowest BCUT2D eigenvalue weighted by Crippen LogP contribution is -2.33. The van der Waals surface area contributed by atoms with Crippen LogP contribution in [0.15, 0.2) is 0 Å². The zero-order chi connectivity index (χ0) is 11.1. The van der Waals surface area contributed by atoms with Gasteiger partial charge < -0.3 is 4.90 Å². The SMILES string of the molecule is C#CCN(CC1CC1)C(=O)CCCCC. The first kappa shape index (κ1) is 12.1. The minimum absolute atomic E-state index is 0.244. The molecular formula is C13H21NO. The molecule has 0 unspecified atom stereocenters. The van der Waals surface area contributed by atoms with Gasteiger partial charge in [-0.05, 0) is 25.2 Å². The van der Waals surface area contributed by atoms with Crippen LogP contribution in [-0.2, 0) is 4.79 Å². The molecule has 0 saturated heterocycles. The fraction of sp³-hybridized carbons (Fsp3) is 0.769. The van der Waals surface area contributed by atoms with Crippen molar-refractivity contribution in [3.63, 3.8) is 0 Å². The van der Waals surface area contributed by atoms with Crippen molar-refractivity contribution in [2.45, 2.75) is 45.4 Å². The minimum atomic E-state index is 0.244. The molecule has 1 aliphatic carbocycles. The van der Waals surface area contributed by atoms with Crippen molar-refractivity contribution < 1.29 is 4.79 Å². The lowest BCUT2D eigenvalue weighted by atomic mass is 10.2. The second-order valence-electron chi connectivity index (χ2n) is 4.38. The van der Waals surface area contributed by atoms with Gasteiger partial charge in [-0.2, -0.15) is 0 Å². The van der Waals surface area contributed by atoms with E-state index in [2.05, 4.69) is 12.8 Å². The normalized spacial score (nSPS) is 14.7. The van der Waals surface area contributed by atoms with E-state index in [0.717, 1.165) is 31.7 Å². The number of nitrogens with zero attached hydrogens (tertiary/aromatic N) is 1. The van der Waals surface area contributed by atoms with Crippen LogP contribution >= 0.6 is 0 Å². The molecule has 1 saturated carbocycles. The molecule has 2 heteroatoms. The molecule has 1 fully saturated rings. The van der Waals surface area contributed by atoms with Crippen molar-refractivity contribution in [1.82, 2.24) is 4.90 Å². The molecule has 1 aliphatic rings. The van der Waals surface area contributed by atoms with Gasteiger partial charge in [0, 0.05) is 13.0 Å². The Bertz CT molecular complexity index is 237. The van der Waals surface area contributed by atoms with Crippen molar-refractivity contribution in [1.29, 1.82) is 0 Å². The molecular weight excluding hydrogens is 186 g/mol. The van der Waals surface area contributed by atoms with Gasteiger partial charge in [-0.3, -0.25) is 4.79 Å². The Labute approximate surface area is 93.0 Å². The number of terminal acetylenes is 1. The Kier molecular flexibility index (Phi) is 5.25. The number of unbranched alkanes of at least 4 members (excludes halogenated alkanes) is 2. The first-order valence-corrected chi connectivity index (χ1v) is 5.99. The summed E-state index contributed by atoms with van der Waals surface area (Å²) in [6.07, 6.45) is 11.8. The summed E-state index contributed by atoms with van der Waals surface area (Å²) in [5.41, 5.74) is 0. The third-order valence-electron chi connectivity index (χ3n) is 2.80. The van der Waals surface area contributed by atoms with Crippen molar-refractivity contribution >= 4 is 5.91 Å². The number of rotatable bonds is 7. The fourth-order valence-corrected chi connectivity index (χ4v) is 1.66. The average Bonchev–Trinajstić information content (AvgIpc) is 3.01. The smallest absolute Gasteiger partial charge is 0.223 e. The highest BCUT2D eigenvalue weighted by molar-refractivity contribution is 5.76. The molecule has 0 N–H and O–H groups in total. The number of hydrogen-bond acceptors (Lipinski definition) is 1.